The Morgan fingerprint density at radius 1 is 1.07 bits per heavy atom. The molecular formula is C20H26N4O5S. The van der Waals surface area contributed by atoms with Crippen molar-refractivity contribution in [2.24, 2.45) is 0 Å². The molecule has 0 radical (unpaired) electrons. The summed E-state index contributed by atoms with van der Waals surface area (Å²) in [6.07, 6.45) is 3.55. The number of anilines is 1. The van der Waals surface area contributed by atoms with Gasteiger partial charge in [-0.1, -0.05) is 0 Å². The lowest BCUT2D eigenvalue weighted by atomic mass is 10.1. The molecule has 1 saturated heterocycles. The van der Waals surface area contributed by atoms with E-state index in [0.29, 0.717) is 36.4 Å². The predicted octanol–water partition coefficient (Wildman–Crippen LogP) is 1.90. The van der Waals surface area contributed by atoms with Crippen LogP contribution >= 0.6 is 0 Å². The van der Waals surface area contributed by atoms with Crippen LogP contribution in [0.2, 0.25) is 0 Å². The summed E-state index contributed by atoms with van der Waals surface area (Å²) in [5, 5.41) is 0. The van der Waals surface area contributed by atoms with Gasteiger partial charge in [-0.25, -0.2) is 18.1 Å². The molecule has 0 amide bonds. The highest BCUT2D eigenvalue weighted by atomic mass is 32.2. The Morgan fingerprint density at radius 2 is 1.83 bits per heavy atom. The van der Waals surface area contributed by atoms with Gasteiger partial charge in [-0.05, 0) is 38.3 Å². The number of nitrogens with zero attached hydrogens (tertiary/aromatic N) is 3. The first-order chi connectivity index (χ1) is 14.5. The fourth-order valence-corrected chi connectivity index (χ4v) is 4.52. The molecule has 1 aromatic heterocycles. The van der Waals surface area contributed by atoms with Crippen molar-refractivity contribution in [3.63, 3.8) is 0 Å². The SMILES string of the molecule is Cc1nc(OCCNS(=O)(=O)c2ccc3c(c2)OCCO3)cc(N2CCCCC2)n1. The summed E-state index contributed by atoms with van der Waals surface area (Å²) in [5.41, 5.74) is 0. The van der Waals surface area contributed by atoms with Crippen molar-refractivity contribution in [1.29, 1.82) is 0 Å². The minimum Gasteiger partial charge on any atom is -0.486 e. The Hall–Kier alpha value is -2.59. The van der Waals surface area contributed by atoms with Crippen molar-refractivity contribution < 1.29 is 22.6 Å². The second kappa shape index (κ2) is 9.05. The minimum absolute atomic E-state index is 0.110. The molecule has 30 heavy (non-hydrogen) atoms. The topological polar surface area (TPSA) is 103 Å². The summed E-state index contributed by atoms with van der Waals surface area (Å²) in [7, 11) is -3.69. The molecule has 1 fully saturated rings. The Bertz CT molecular complexity index is 993. The lowest BCUT2D eigenvalue weighted by Crippen LogP contribution is -2.30. The van der Waals surface area contributed by atoms with Gasteiger partial charge in [0.25, 0.3) is 0 Å². The number of nitrogens with one attached hydrogen (secondary N) is 1. The molecule has 2 aliphatic heterocycles. The van der Waals surface area contributed by atoms with E-state index in [-0.39, 0.29) is 18.0 Å². The third kappa shape index (κ3) is 4.93. The summed E-state index contributed by atoms with van der Waals surface area (Å²) in [6, 6.07) is 6.38. The largest absolute Gasteiger partial charge is 0.486 e. The van der Waals surface area contributed by atoms with E-state index in [1.807, 2.05) is 13.0 Å². The molecular weight excluding hydrogens is 408 g/mol. The zero-order valence-corrected chi connectivity index (χ0v) is 17.8. The zero-order chi connectivity index (χ0) is 21.0. The number of fused-ring (bicyclic) bond motifs is 1. The maximum absolute atomic E-state index is 12.5. The van der Waals surface area contributed by atoms with Crippen LogP contribution in [0.4, 0.5) is 5.82 Å². The third-order valence-corrected chi connectivity index (χ3v) is 6.41. The summed E-state index contributed by atoms with van der Waals surface area (Å²) in [5.74, 6) is 2.91. The average molecular weight is 435 g/mol. The Balaban J connectivity index is 1.34. The van der Waals surface area contributed by atoms with Crippen LogP contribution in [0, 0.1) is 6.92 Å². The fourth-order valence-electron chi connectivity index (χ4n) is 3.49. The summed E-state index contributed by atoms with van der Waals surface area (Å²) >= 11 is 0. The number of aryl methyl sites for hydroxylation is 1. The molecule has 2 aliphatic rings. The van der Waals surface area contributed by atoms with E-state index in [1.54, 1.807) is 6.07 Å². The highest BCUT2D eigenvalue weighted by molar-refractivity contribution is 7.89. The molecule has 0 bridgehead atoms. The predicted molar refractivity (Wildman–Crippen MR) is 111 cm³/mol. The van der Waals surface area contributed by atoms with Crippen LogP contribution in [0.3, 0.4) is 0 Å². The highest BCUT2D eigenvalue weighted by Gasteiger charge is 2.19. The number of rotatable bonds is 7. The number of sulfonamides is 1. The molecule has 2 aromatic rings. The van der Waals surface area contributed by atoms with Gasteiger partial charge < -0.3 is 19.1 Å². The average Bonchev–Trinajstić information content (AvgIpc) is 2.77. The Labute approximate surface area is 176 Å². The van der Waals surface area contributed by atoms with E-state index in [4.69, 9.17) is 14.2 Å². The van der Waals surface area contributed by atoms with Gasteiger partial charge in [-0.2, -0.15) is 4.98 Å². The Morgan fingerprint density at radius 3 is 2.63 bits per heavy atom. The van der Waals surface area contributed by atoms with E-state index in [2.05, 4.69) is 19.6 Å². The molecule has 0 atom stereocenters. The molecule has 0 spiro atoms. The van der Waals surface area contributed by atoms with E-state index < -0.39 is 10.0 Å². The van der Waals surface area contributed by atoms with Gasteiger partial charge in [0, 0.05) is 31.8 Å². The number of benzene rings is 1. The van der Waals surface area contributed by atoms with Crippen LogP contribution in [0.25, 0.3) is 0 Å². The fraction of sp³-hybridized carbons (Fsp3) is 0.500. The van der Waals surface area contributed by atoms with Crippen molar-refractivity contribution in [2.45, 2.75) is 31.1 Å². The van der Waals surface area contributed by atoms with Crippen molar-refractivity contribution in [3.8, 4) is 17.4 Å². The first-order valence-corrected chi connectivity index (χ1v) is 11.6. The van der Waals surface area contributed by atoms with E-state index in [0.717, 1.165) is 31.7 Å². The zero-order valence-electron chi connectivity index (χ0n) is 17.0. The molecule has 0 unspecified atom stereocenters. The number of hydrogen-bond acceptors (Lipinski definition) is 8. The molecule has 0 saturated carbocycles. The van der Waals surface area contributed by atoms with Gasteiger partial charge >= 0.3 is 0 Å². The minimum atomic E-state index is -3.69. The van der Waals surface area contributed by atoms with Gasteiger partial charge in [0.1, 0.15) is 31.5 Å². The standard InChI is InChI=1S/C20H26N4O5S/c1-15-22-19(24-8-3-2-4-9-24)14-20(23-15)29-10-7-21-30(25,26)16-5-6-17-18(13-16)28-12-11-27-17/h5-6,13-14,21H,2-4,7-12H2,1H3. The number of piperidine rings is 1. The summed E-state index contributed by atoms with van der Waals surface area (Å²) in [6.45, 7) is 4.89. The van der Waals surface area contributed by atoms with Crippen molar-refractivity contribution in [2.75, 3.05) is 44.4 Å². The molecule has 0 aliphatic carbocycles. The van der Waals surface area contributed by atoms with Crippen LogP contribution in [0.1, 0.15) is 25.1 Å². The first-order valence-electron chi connectivity index (χ1n) is 10.1. The second-order valence-corrected chi connectivity index (χ2v) is 8.98. The van der Waals surface area contributed by atoms with Crippen LogP contribution < -0.4 is 23.8 Å². The highest BCUT2D eigenvalue weighted by Crippen LogP contribution is 2.32. The molecule has 3 heterocycles. The van der Waals surface area contributed by atoms with E-state index in [9.17, 15) is 8.42 Å². The van der Waals surface area contributed by atoms with Crippen LogP contribution in [0.15, 0.2) is 29.2 Å². The van der Waals surface area contributed by atoms with Gasteiger partial charge in [0.2, 0.25) is 15.9 Å². The van der Waals surface area contributed by atoms with Crippen LogP contribution in [-0.2, 0) is 10.0 Å². The third-order valence-electron chi connectivity index (χ3n) is 4.95. The molecule has 4 rings (SSSR count). The molecule has 1 N–H and O–H groups in total. The maximum Gasteiger partial charge on any atom is 0.240 e. The van der Waals surface area contributed by atoms with Crippen molar-refractivity contribution >= 4 is 15.8 Å². The van der Waals surface area contributed by atoms with Gasteiger partial charge in [-0.3, -0.25) is 0 Å². The number of aromatic nitrogens is 2. The van der Waals surface area contributed by atoms with E-state index >= 15 is 0 Å². The number of ether oxygens (including phenoxy) is 3. The molecule has 1 aromatic carbocycles. The van der Waals surface area contributed by atoms with Gasteiger partial charge in [0.05, 0.1) is 4.90 Å². The number of hydrogen-bond donors (Lipinski definition) is 1. The van der Waals surface area contributed by atoms with Crippen molar-refractivity contribution in [3.05, 3.63) is 30.1 Å². The van der Waals surface area contributed by atoms with Crippen LogP contribution in [-0.4, -0.2) is 57.8 Å². The van der Waals surface area contributed by atoms with Gasteiger partial charge in [0.15, 0.2) is 11.5 Å². The molecule has 162 valence electrons. The molecule has 9 nitrogen and oxygen atoms in total. The molecule has 10 heteroatoms. The maximum atomic E-state index is 12.5. The van der Waals surface area contributed by atoms with Crippen molar-refractivity contribution in [1.82, 2.24) is 14.7 Å². The first kappa shape index (κ1) is 20.7. The summed E-state index contributed by atoms with van der Waals surface area (Å²) in [4.78, 5) is 11.2. The van der Waals surface area contributed by atoms with E-state index in [1.165, 1.54) is 18.6 Å². The smallest absolute Gasteiger partial charge is 0.240 e. The van der Waals surface area contributed by atoms with Crippen LogP contribution in [0.5, 0.6) is 17.4 Å². The lowest BCUT2D eigenvalue weighted by molar-refractivity contribution is 0.171. The second-order valence-electron chi connectivity index (χ2n) is 7.21. The summed E-state index contributed by atoms with van der Waals surface area (Å²) < 4.78 is 44.2. The van der Waals surface area contributed by atoms with Gasteiger partial charge in [-0.15, -0.1) is 0 Å². The lowest BCUT2D eigenvalue weighted by Gasteiger charge is -2.28. The Kier molecular flexibility index (Phi) is 6.24. The monoisotopic (exact) mass is 434 g/mol. The normalized spacial score (nSPS) is 16.4. The quantitative estimate of drug-likeness (QED) is 0.659.